The lowest BCUT2D eigenvalue weighted by Gasteiger charge is -2.36. The van der Waals surface area contributed by atoms with Gasteiger partial charge in [0.05, 0.1) is 13.2 Å². The van der Waals surface area contributed by atoms with Crippen molar-refractivity contribution in [1.82, 2.24) is 0 Å². The van der Waals surface area contributed by atoms with E-state index in [9.17, 15) is 4.79 Å². The molecule has 1 aliphatic heterocycles. The van der Waals surface area contributed by atoms with Crippen LogP contribution in [-0.4, -0.2) is 31.3 Å². The topological polar surface area (TPSA) is 47.6 Å². The molecule has 5 heteroatoms. The Morgan fingerprint density at radius 1 is 1.47 bits per heavy atom. The number of esters is 1. The summed E-state index contributed by atoms with van der Waals surface area (Å²) in [4.78, 5) is 12.2. The smallest absolute Gasteiger partial charge is 0.334 e. The third kappa shape index (κ3) is 3.39. The molecule has 1 heterocycles. The molecule has 1 fully saturated rings. The lowest BCUT2D eigenvalue weighted by atomic mass is 9.92. The first kappa shape index (κ1) is 14.2. The maximum Gasteiger partial charge on any atom is 0.334 e. The number of anilines is 1. The maximum absolute atomic E-state index is 12.2. The van der Waals surface area contributed by atoms with Crippen LogP contribution in [0, 0.1) is 0 Å². The van der Waals surface area contributed by atoms with E-state index in [1.165, 1.54) is 0 Å². The molecule has 0 radical (unpaired) electrons. The van der Waals surface area contributed by atoms with Crippen molar-refractivity contribution in [3.05, 3.63) is 29.3 Å². The van der Waals surface area contributed by atoms with Gasteiger partial charge >= 0.3 is 5.97 Å². The Kier molecular flexibility index (Phi) is 4.66. The summed E-state index contributed by atoms with van der Waals surface area (Å²) >= 11 is 5.86. The normalized spacial score (nSPS) is 22.8. The van der Waals surface area contributed by atoms with Crippen molar-refractivity contribution in [2.75, 3.05) is 25.1 Å². The molecule has 0 spiro atoms. The van der Waals surface area contributed by atoms with Gasteiger partial charge in [0.15, 0.2) is 5.54 Å². The van der Waals surface area contributed by atoms with Crippen LogP contribution in [0.2, 0.25) is 5.02 Å². The van der Waals surface area contributed by atoms with Crippen molar-refractivity contribution < 1.29 is 14.3 Å². The van der Waals surface area contributed by atoms with E-state index in [0.29, 0.717) is 31.3 Å². The van der Waals surface area contributed by atoms with Gasteiger partial charge in [0.1, 0.15) is 0 Å². The fraction of sp³-hybridized carbons (Fsp3) is 0.500. The van der Waals surface area contributed by atoms with E-state index < -0.39 is 5.54 Å². The van der Waals surface area contributed by atoms with Crippen LogP contribution < -0.4 is 5.32 Å². The predicted octanol–water partition coefficient (Wildman–Crippen LogP) is 2.86. The molecule has 1 aromatic rings. The summed E-state index contributed by atoms with van der Waals surface area (Å²) in [7, 11) is 0. The lowest BCUT2D eigenvalue weighted by Crippen LogP contribution is -2.53. The number of benzene rings is 1. The van der Waals surface area contributed by atoms with Crippen LogP contribution >= 0.6 is 11.6 Å². The molecule has 0 amide bonds. The summed E-state index contributed by atoms with van der Waals surface area (Å²) in [6, 6.07) is 7.26. The fourth-order valence-electron chi connectivity index (χ4n) is 2.18. The van der Waals surface area contributed by atoms with Crippen molar-refractivity contribution in [2.24, 2.45) is 0 Å². The van der Waals surface area contributed by atoms with Crippen LogP contribution in [0.4, 0.5) is 5.69 Å². The molecule has 0 aromatic heterocycles. The van der Waals surface area contributed by atoms with Crippen molar-refractivity contribution in [3.63, 3.8) is 0 Å². The Balaban J connectivity index is 2.17. The second kappa shape index (κ2) is 6.26. The van der Waals surface area contributed by atoms with Gasteiger partial charge in [-0.05, 0) is 44.0 Å². The number of carbonyl (C=O) groups excluding carboxylic acids is 1. The summed E-state index contributed by atoms with van der Waals surface area (Å²) < 4.78 is 10.6. The Bertz CT molecular complexity index is 427. The Morgan fingerprint density at radius 2 is 2.21 bits per heavy atom. The van der Waals surface area contributed by atoms with E-state index in [0.717, 1.165) is 12.1 Å². The van der Waals surface area contributed by atoms with Gasteiger partial charge in [-0.25, -0.2) is 4.79 Å². The molecular formula is C14H18ClNO3. The quantitative estimate of drug-likeness (QED) is 0.863. The number of halogens is 1. The molecule has 4 nitrogen and oxygen atoms in total. The average Bonchev–Trinajstić information content (AvgIpc) is 2.43. The third-order valence-corrected chi connectivity index (χ3v) is 3.39. The second-order valence-corrected chi connectivity index (χ2v) is 5.03. The monoisotopic (exact) mass is 283 g/mol. The third-order valence-electron chi connectivity index (χ3n) is 3.13. The van der Waals surface area contributed by atoms with Crippen LogP contribution in [-0.2, 0) is 14.3 Å². The summed E-state index contributed by atoms with van der Waals surface area (Å²) in [5.41, 5.74) is 0.0465. The predicted molar refractivity (Wildman–Crippen MR) is 74.5 cm³/mol. The second-order valence-electron chi connectivity index (χ2n) is 4.59. The zero-order valence-corrected chi connectivity index (χ0v) is 11.7. The molecule has 1 atom stereocenters. The first-order chi connectivity index (χ1) is 9.16. The van der Waals surface area contributed by atoms with Crippen LogP contribution in [0.15, 0.2) is 24.3 Å². The SMILES string of the molecule is CCOC(=O)C1(Nc2ccc(Cl)cc2)CCCOC1. The van der Waals surface area contributed by atoms with Crippen LogP contribution in [0.25, 0.3) is 0 Å². The lowest BCUT2D eigenvalue weighted by molar-refractivity contribution is -0.153. The molecule has 19 heavy (non-hydrogen) atoms. The van der Waals surface area contributed by atoms with E-state index in [1.54, 1.807) is 19.1 Å². The van der Waals surface area contributed by atoms with Crippen molar-refractivity contribution in [1.29, 1.82) is 0 Å². The standard InChI is InChI=1S/C14H18ClNO3/c1-2-19-13(17)14(8-3-9-18-10-14)16-12-6-4-11(15)5-7-12/h4-7,16H,2-3,8-10H2,1H3. The van der Waals surface area contributed by atoms with Crippen LogP contribution in [0.1, 0.15) is 19.8 Å². The van der Waals surface area contributed by atoms with E-state index >= 15 is 0 Å². The maximum atomic E-state index is 12.2. The minimum Gasteiger partial charge on any atom is -0.464 e. The van der Waals surface area contributed by atoms with Crippen LogP contribution in [0.5, 0.6) is 0 Å². The highest BCUT2D eigenvalue weighted by Gasteiger charge is 2.42. The molecule has 0 aliphatic carbocycles. The van der Waals surface area contributed by atoms with Gasteiger partial charge in [0.2, 0.25) is 0 Å². The highest BCUT2D eigenvalue weighted by molar-refractivity contribution is 6.30. The largest absolute Gasteiger partial charge is 0.464 e. The highest BCUT2D eigenvalue weighted by Crippen LogP contribution is 2.27. The molecule has 0 bridgehead atoms. The molecule has 0 saturated carbocycles. The molecule has 1 aromatic carbocycles. The Morgan fingerprint density at radius 3 is 2.79 bits per heavy atom. The van der Waals surface area contributed by atoms with Gasteiger partial charge in [0, 0.05) is 17.3 Å². The average molecular weight is 284 g/mol. The van der Waals surface area contributed by atoms with Gasteiger partial charge in [-0.15, -0.1) is 0 Å². The summed E-state index contributed by atoms with van der Waals surface area (Å²) in [6.45, 7) is 3.18. The van der Waals surface area contributed by atoms with Gasteiger partial charge in [-0.2, -0.15) is 0 Å². The van der Waals surface area contributed by atoms with Crippen molar-refractivity contribution >= 4 is 23.3 Å². The molecule has 1 N–H and O–H groups in total. The van der Waals surface area contributed by atoms with Gasteiger partial charge in [-0.3, -0.25) is 0 Å². The zero-order valence-electron chi connectivity index (χ0n) is 10.9. The fourth-order valence-corrected chi connectivity index (χ4v) is 2.31. The van der Waals surface area contributed by atoms with Gasteiger partial charge in [0.25, 0.3) is 0 Å². The number of hydrogen-bond donors (Lipinski definition) is 1. The summed E-state index contributed by atoms with van der Waals surface area (Å²) in [6.07, 6.45) is 1.54. The van der Waals surface area contributed by atoms with Gasteiger partial charge < -0.3 is 14.8 Å². The first-order valence-electron chi connectivity index (χ1n) is 6.45. The van der Waals surface area contributed by atoms with E-state index in [1.807, 2.05) is 12.1 Å². The Hall–Kier alpha value is -1.26. The molecule has 1 unspecified atom stereocenters. The summed E-state index contributed by atoms with van der Waals surface area (Å²) in [5.74, 6) is -0.260. The molecule has 1 saturated heterocycles. The molecule has 2 rings (SSSR count). The zero-order chi connectivity index (χ0) is 13.7. The highest BCUT2D eigenvalue weighted by atomic mass is 35.5. The molecule has 104 valence electrons. The van der Waals surface area contributed by atoms with E-state index in [4.69, 9.17) is 21.1 Å². The number of ether oxygens (including phenoxy) is 2. The molecule has 1 aliphatic rings. The minimum absolute atomic E-state index is 0.260. The number of hydrogen-bond acceptors (Lipinski definition) is 4. The van der Waals surface area contributed by atoms with Crippen LogP contribution in [0.3, 0.4) is 0 Å². The van der Waals surface area contributed by atoms with Gasteiger partial charge in [-0.1, -0.05) is 11.6 Å². The molecular weight excluding hydrogens is 266 g/mol. The number of rotatable bonds is 4. The first-order valence-corrected chi connectivity index (χ1v) is 6.83. The van der Waals surface area contributed by atoms with Crippen molar-refractivity contribution in [2.45, 2.75) is 25.3 Å². The number of nitrogens with one attached hydrogen (secondary N) is 1. The summed E-state index contributed by atoms with van der Waals surface area (Å²) in [5, 5.41) is 3.91. The minimum atomic E-state index is -0.790. The van der Waals surface area contributed by atoms with E-state index in [2.05, 4.69) is 5.32 Å². The Labute approximate surface area is 118 Å². The van der Waals surface area contributed by atoms with Crippen molar-refractivity contribution in [3.8, 4) is 0 Å². The van der Waals surface area contributed by atoms with E-state index in [-0.39, 0.29) is 5.97 Å². The number of carbonyl (C=O) groups is 1.